The lowest BCUT2D eigenvalue weighted by atomic mass is 10.2. The Labute approximate surface area is 128 Å². The van der Waals surface area contributed by atoms with Crippen LogP contribution in [0.4, 0.5) is 4.79 Å². The second-order valence-electron chi connectivity index (χ2n) is 4.47. The summed E-state index contributed by atoms with van der Waals surface area (Å²) in [5, 5.41) is 0. The number of hydrogen-bond donors (Lipinski definition) is 0. The van der Waals surface area contributed by atoms with Crippen LogP contribution in [0.1, 0.15) is 12.0 Å². The SMILES string of the molecule is CSC(=S)O[C@@H]1CCN(C(=O)OCc2ccccc2)C1. The molecule has 1 aliphatic rings. The fourth-order valence-corrected chi connectivity index (χ4v) is 2.35. The lowest BCUT2D eigenvalue weighted by Gasteiger charge is -2.16. The summed E-state index contributed by atoms with van der Waals surface area (Å²) in [5.41, 5.74) is 0.983. The van der Waals surface area contributed by atoms with E-state index in [1.165, 1.54) is 11.8 Å². The van der Waals surface area contributed by atoms with Gasteiger partial charge in [-0.2, -0.15) is 0 Å². The van der Waals surface area contributed by atoms with Gasteiger partial charge in [-0.3, -0.25) is 0 Å². The first kappa shape index (κ1) is 15.1. The van der Waals surface area contributed by atoms with Gasteiger partial charge in [-0.1, -0.05) is 42.1 Å². The van der Waals surface area contributed by atoms with Gasteiger partial charge in [0, 0.05) is 13.0 Å². The Morgan fingerprint density at radius 2 is 2.20 bits per heavy atom. The fourth-order valence-electron chi connectivity index (χ4n) is 1.99. The van der Waals surface area contributed by atoms with E-state index in [0.29, 0.717) is 24.1 Å². The molecule has 1 fully saturated rings. The molecule has 0 N–H and O–H groups in total. The van der Waals surface area contributed by atoms with E-state index in [0.717, 1.165) is 12.0 Å². The predicted molar refractivity (Wildman–Crippen MR) is 83.8 cm³/mol. The van der Waals surface area contributed by atoms with Crippen molar-refractivity contribution in [1.82, 2.24) is 4.90 Å². The van der Waals surface area contributed by atoms with Crippen molar-refractivity contribution in [2.45, 2.75) is 19.1 Å². The van der Waals surface area contributed by atoms with Crippen LogP contribution >= 0.6 is 24.0 Å². The van der Waals surface area contributed by atoms with Crippen molar-refractivity contribution in [3.8, 4) is 0 Å². The number of ether oxygens (including phenoxy) is 2. The van der Waals surface area contributed by atoms with Crippen molar-refractivity contribution >= 4 is 34.5 Å². The second kappa shape index (κ2) is 7.50. The predicted octanol–water partition coefficient (Wildman–Crippen LogP) is 3.06. The van der Waals surface area contributed by atoms with Crippen molar-refractivity contribution in [2.75, 3.05) is 19.3 Å². The molecule has 20 heavy (non-hydrogen) atoms. The smallest absolute Gasteiger partial charge is 0.410 e. The van der Waals surface area contributed by atoms with Gasteiger partial charge in [-0.15, -0.1) is 0 Å². The molecule has 0 saturated carbocycles. The van der Waals surface area contributed by atoms with Crippen molar-refractivity contribution in [1.29, 1.82) is 0 Å². The third-order valence-electron chi connectivity index (χ3n) is 3.04. The molecule has 0 aliphatic carbocycles. The Morgan fingerprint density at radius 1 is 1.45 bits per heavy atom. The number of rotatable bonds is 3. The number of benzene rings is 1. The number of nitrogens with zero attached hydrogens (tertiary/aromatic N) is 1. The topological polar surface area (TPSA) is 38.8 Å². The average Bonchev–Trinajstić information content (AvgIpc) is 2.94. The van der Waals surface area contributed by atoms with Gasteiger partial charge in [-0.25, -0.2) is 4.79 Å². The molecule has 1 saturated heterocycles. The minimum Gasteiger partial charge on any atom is -0.473 e. The number of carbonyl (C=O) groups is 1. The molecule has 1 amide bonds. The minimum absolute atomic E-state index is 0.0146. The molecule has 108 valence electrons. The molecule has 1 aromatic rings. The van der Waals surface area contributed by atoms with E-state index in [9.17, 15) is 4.79 Å². The summed E-state index contributed by atoms with van der Waals surface area (Å²) in [6.07, 6.45) is 2.36. The summed E-state index contributed by atoms with van der Waals surface area (Å²) in [6, 6.07) is 9.64. The van der Waals surface area contributed by atoms with E-state index in [4.69, 9.17) is 21.7 Å². The monoisotopic (exact) mass is 311 g/mol. The third kappa shape index (κ3) is 4.38. The van der Waals surface area contributed by atoms with Crippen molar-refractivity contribution < 1.29 is 14.3 Å². The van der Waals surface area contributed by atoms with E-state index in [-0.39, 0.29) is 12.2 Å². The zero-order valence-electron chi connectivity index (χ0n) is 11.3. The first-order valence-corrected chi connectivity index (χ1v) is 8.02. The molecule has 1 heterocycles. The van der Waals surface area contributed by atoms with Gasteiger partial charge >= 0.3 is 6.09 Å². The minimum atomic E-state index is -0.296. The lowest BCUT2D eigenvalue weighted by Crippen LogP contribution is -2.30. The van der Waals surface area contributed by atoms with Crippen LogP contribution in [0.5, 0.6) is 0 Å². The summed E-state index contributed by atoms with van der Waals surface area (Å²) >= 11 is 6.42. The van der Waals surface area contributed by atoms with Crippen LogP contribution in [0, 0.1) is 0 Å². The first-order valence-electron chi connectivity index (χ1n) is 6.39. The molecule has 2 rings (SSSR count). The van der Waals surface area contributed by atoms with Crippen LogP contribution in [-0.4, -0.2) is 40.8 Å². The Bertz CT molecular complexity index is 467. The van der Waals surface area contributed by atoms with Gasteiger partial charge in [0.1, 0.15) is 12.7 Å². The van der Waals surface area contributed by atoms with Gasteiger partial charge in [0.15, 0.2) is 0 Å². The number of hydrogen-bond acceptors (Lipinski definition) is 5. The van der Waals surface area contributed by atoms with E-state index in [2.05, 4.69) is 0 Å². The normalized spacial score (nSPS) is 17.9. The molecule has 6 heteroatoms. The number of amides is 1. The molecule has 0 unspecified atom stereocenters. The lowest BCUT2D eigenvalue weighted by molar-refractivity contribution is 0.0989. The average molecular weight is 311 g/mol. The molecular weight excluding hydrogens is 294 g/mol. The summed E-state index contributed by atoms with van der Waals surface area (Å²) < 4.78 is 11.4. The zero-order valence-corrected chi connectivity index (χ0v) is 12.9. The quantitative estimate of drug-likeness (QED) is 0.802. The number of thiocarbonyl (C=S) groups is 1. The molecule has 1 aliphatic heterocycles. The third-order valence-corrected chi connectivity index (χ3v) is 4.06. The van der Waals surface area contributed by atoms with Gasteiger partial charge in [-0.05, 0) is 24.0 Å². The summed E-state index contributed by atoms with van der Waals surface area (Å²) in [5.74, 6) is 0. The van der Waals surface area contributed by atoms with Crippen LogP contribution in [0.25, 0.3) is 0 Å². The molecular formula is C14H17NO3S2. The molecule has 1 atom stereocenters. The van der Waals surface area contributed by atoms with E-state index >= 15 is 0 Å². The van der Waals surface area contributed by atoms with Crippen molar-refractivity contribution in [3.63, 3.8) is 0 Å². The Kier molecular flexibility index (Phi) is 5.67. The highest BCUT2D eigenvalue weighted by atomic mass is 32.2. The highest BCUT2D eigenvalue weighted by molar-refractivity contribution is 8.22. The highest BCUT2D eigenvalue weighted by Crippen LogP contribution is 2.17. The largest absolute Gasteiger partial charge is 0.473 e. The van der Waals surface area contributed by atoms with Gasteiger partial charge in [0.25, 0.3) is 0 Å². The Hall–Kier alpha value is -1.27. The van der Waals surface area contributed by atoms with Crippen LogP contribution in [0.15, 0.2) is 30.3 Å². The van der Waals surface area contributed by atoms with E-state index < -0.39 is 0 Å². The van der Waals surface area contributed by atoms with E-state index in [1.54, 1.807) is 4.90 Å². The summed E-state index contributed by atoms with van der Waals surface area (Å²) in [6.45, 7) is 1.48. The molecule has 0 aromatic heterocycles. The van der Waals surface area contributed by atoms with Crippen LogP contribution < -0.4 is 0 Å². The second-order valence-corrected chi connectivity index (χ2v) is 5.88. The summed E-state index contributed by atoms with van der Waals surface area (Å²) in [4.78, 5) is 13.6. The Balaban J connectivity index is 1.75. The molecule has 0 radical (unpaired) electrons. The maximum absolute atomic E-state index is 11.9. The van der Waals surface area contributed by atoms with Crippen molar-refractivity contribution in [3.05, 3.63) is 35.9 Å². The number of likely N-dealkylation sites (tertiary alicyclic amines) is 1. The maximum Gasteiger partial charge on any atom is 0.410 e. The van der Waals surface area contributed by atoms with Crippen LogP contribution in [-0.2, 0) is 16.1 Å². The molecule has 0 spiro atoms. The number of thioether (sulfide) groups is 1. The fraction of sp³-hybridized carbons (Fsp3) is 0.429. The Morgan fingerprint density at radius 3 is 2.90 bits per heavy atom. The van der Waals surface area contributed by atoms with Gasteiger partial charge in [0.2, 0.25) is 4.38 Å². The number of carbonyl (C=O) groups excluding carboxylic acids is 1. The molecule has 0 bridgehead atoms. The van der Waals surface area contributed by atoms with Crippen molar-refractivity contribution in [2.24, 2.45) is 0 Å². The molecule has 4 nitrogen and oxygen atoms in total. The standard InChI is InChI=1S/C14H17NO3S2/c1-20-14(19)18-12-7-8-15(9-12)13(16)17-10-11-5-3-2-4-6-11/h2-6,12H,7-10H2,1H3/t12-/m1/s1. The van der Waals surface area contributed by atoms with E-state index in [1.807, 2.05) is 36.6 Å². The zero-order chi connectivity index (χ0) is 14.4. The molecule has 1 aromatic carbocycles. The van der Waals surface area contributed by atoms with Crippen LogP contribution in [0.3, 0.4) is 0 Å². The highest BCUT2D eigenvalue weighted by Gasteiger charge is 2.29. The first-order chi connectivity index (χ1) is 9.69. The van der Waals surface area contributed by atoms with Gasteiger partial charge < -0.3 is 14.4 Å². The summed E-state index contributed by atoms with van der Waals surface area (Å²) in [7, 11) is 0. The maximum atomic E-state index is 11.9. The van der Waals surface area contributed by atoms with Crippen LogP contribution in [0.2, 0.25) is 0 Å². The van der Waals surface area contributed by atoms with Gasteiger partial charge in [0.05, 0.1) is 6.54 Å².